The molecule has 0 saturated carbocycles. The highest BCUT2D eigenvalue weighted by Gasteiger charge is 2.23. The van der Waals surface area contributed by atoms with Gasteiger partial charge >= 0.3 is 0 Å². The van der Waals surface area contributed by atoms with Gasteiger partial charge in [-0.15, -0.1) is 0 Å². The summed E-state index contributed by atoms with van der Waals surface area (Å²) in [6.45, 7) is 2.14. The van der Waals surface area contributed by atoms with Gasteiger partial charge in [-0.2, -0.15) is 0 Å². The predicted octanol–water partition coefficient (Wildman–Crippen LogP) is 1.14. The molecule has 0 spiro atoms. The first kappa shape index (κ1) is 13.5. The molecule has 0 aromatic heterocycles. The summed E-state index contributed by atoms with van der Waals surface area (Å²) >= 11 is 0. The molecule has 1 aliphatic rings. The summed E-state index contributed by atoms with van der Waals surface area (Å²) in [5.41, 5.74) is 5.74. The van der Waals surface area contributed by atoms with E-state index in [-0.39, 0.29) is 11.9 Å². The molecule has 4 nitrogen and oxygen atoms in total. The summed E-state index contributed by atoms with van der Waals surface area (Å²) in [6, 6.07) is 0.262. The van der Waals surface area contributed by atoms with E-state index in [1.54, 1.807) is 7.11 Å². The Morgan fingerprint density at radius 2 is 2.25 bits per heavy atom. The Morgan fingerprint density at radius 3 is 2.94 bits per heavy atom. The van der Waals surface area contributed by atoms with Crippen LogP contribution in [0.2, 0.25) is 0 Å². The zero-order chi connectivity index (χ0) is 11.8. The van der Waals surface area contributed by atoms with Gasteiger partial charge in [0.2, 0.25) is 5.91 Å². The molecule has 0 radical (unpaired) electrons. The van der Waals surface area contributed by atoms with Crippen molar-refractivity contribution in [3.05, 3.63) is 0 Å². The zero-order valence-corrected chi connectivity index (χ0v) is 10.3. The van der Waals surface area contributed by atoms with Crippen molar-refractivity contribution in [3.63, 3.8) is 0 Å². The molecule has 94 valence electrons. The lowest BCUT2D eigenvalue weighted by molar-refractivity contribution is -0.133. The van der Waals surface area contributed by atoms with E-state index in [2.05, 4.69) is 0 Å². The van der Waals surface area contributed by atoms with Gasteiger partial charge in [0.15, 0.2) is 0 Å². The monoisotopic (exact) mass is 228 g/mol. The first-order valence-corrected chi connectivity index (χ1v) is 6.28. The maximum Gasteiger partial charge on any atom is 0.222 e. The highest BCUT2D eigenvalue weighted by atomic mass is 16.5. The van der Waals surface area contributed by atoms with Gasteiger partial charge in [0, 0.05) is 39.3 Å². The number of likely N-dealkylation sites (tertiary alicyclic amines) is 1. The first-order valence-electron chi connectivity index (χ1n) is 6.28. The van der Waals surface area contributed by atoms with Crippen LogP contribution in [-0.4, -0.2) is 43.7 Å². The minimum Gasteiger partial charge on any atom is -0.385 e. The lowest BCUT2D eigenvalue weighted by Gasteiger charge is -2.29. The van der Waals surface area contributed by atoms with Crippen molar-refractivity contribution in [3.8, 4) is 0 Å². The van der Waals surface area contributed by atoms with Gasteiger partial charge < -0.3 is 15.4 Å². The molecule has 0 bridgehead atoms. The first-order chi connectivity index (χ1) is 7.79. The van der Waals surface area contributed by atoms with Gasteiger partial charge in [-0.25, -0.2) is 0 Å². The SMILES string of the molecule is COCCCC(=O)N1CCCCCC1CN. The van der Waals surface area contributed by atoms with Crippen molar-refractivity contribution in [2.24, 2.45) is 5.73 Å². The molecule has 2 N–H and O–H groups in total. The molecule has 1 unspecified atom stereocenters. The number of carbonyl (C=O) groups is 1. The van der Waals surface area contributed by atoms with Crippen LogP contribution in [0, 0.1) is 0 Å². The number of hydrogen-bond donors (Lipinski definition) is 1. The van der Waals surface area contributed by atoms with Gasteiger partial charge in [-0.05, 0) is 19.3 Å². The molecule has 1 amide bonds. The maximum atomic E-state index is 12.0. The van der Waals surface area contributed by atoms with Crippen molar-refractivity contribution in [1.82, 2.24) is 4.90 Å². The van der Waals surface area contributed by atoms with Gasteiger partial charge in [0.25, 0.3) is 0 Å². The molecule has 16 heavy (non-hydrogen) atoms. The second kappa shape index (κ2) is 7.63. The van der Waals surface area contributed by atoms with E-state index >= 15 is 0 Å². The standard InChI is InChI=1S/C12H24N2O2/c1-16-9-5-7-12(15)14-8-4-2-3-6-11(14)10-13/h11H,2-10,13H2,1H3. The second-order valence-corrected chi connectivity index (χ2v) is 4.42. The minimum absolute atomic E-state index is 0.245. The Morgan fingerprint density at radius 1 is 1.44 bits per heavy atom. The Kier molecular flexibility index (Phi) is 6.42. The predicted molar refractivity (Wildman–Crippen MR) is 64.1 cm³/mol. The fourth-order valence-electron chi connectivity index (χ4n) is 2.26. The van der Waals surface area contributed by atoms with Crippen LogP contribution in [-0.2, 0) is 9.53 Å². The van der Waals surface area contributed by atoms with Crippen LogP contribution in [0.4, 0.5) is 0 Å². The van der Waals surface area contributed by atoms with E-state index in [4.69, 9.17) is 10.5 Å². The number of methoxy groups -OCH3 is 1. The third kappa shape index (κ3) is 4.10. The van der Waals surface area contributed by atoms with Gasteiger partial charge in [0.1, 0.15) is 0 Å². The van der Waals surface area contributed by atoms with Crippen molar-refractivity contribution >= 4 is 5.91 Å². The van der Waals surface area contributed by atoms with E-state index in [0.29, 0.717) is 19.6 Å². The average molecular weight is 228 g/mol. The molecule has 1 aliphatic heterocycles. The van der Waals surface area contributed by atoms with Crippen LogP contribution in [0.15, 0.2) is 0 Å². The number of ether oxygens (including phenoxy) is 1. The summed E-state index contributed by atoms with van der Waals surface area (Å²) in [7, 11) is 1.67. The quantitative estimate of drug-likeness (QED) is 0.718. The van der Waals surface area contributed by atoms with Crippen molar-refractivity contribution in [2.45, 2.75) is 44.6 Å². The maximum absolute atomic E-state index is 12.0. The number of amides is 1. The second-order valence-electron chi connectivity index (χ2n) is 4.42. The van der Waals surface area contributed by atoms with Crippen LogP contribution in [0.25, 0.3) is 0 Å². The van der Waals surface area contributed by atoms with E-state index in [9.17, 15) is 4.79 Å². The van der Waals surface area contributed by atoms with Crippen LogP contribution >= 0.6 is 0 Å². The van der Waals surface area contributed by atoms with E-state index < -0.39 is 0 Å². The summed E-state index contributed by atoms with van der Waals surface area (Å²) in [5.74, 6) is 0.245. The Balaban J connectivity index is 2.42. The molecule has 1 rings (SSSR count). The van der Waals surface area contributed by atoms with Gasteiger partial charge in [0.05, 0.1) is 0 Å². The van der Waals surface area contributed by atoms with Crippen molar-refractivity contribution < 1.29 is 9.53 Å². The third-order valence-corrected chi connectivity index (χ3v) is 3.21. The largest absolute Gasteiger partial charge is 0.385 e. The topological polar surface area (TPSA) is 55.6 Å². The minimum atomic E-state index is 0.245. The highest BCUT2D eigenvalue weighted by molar-refractivity contribution is 5.76. The Labute approximate surface area is 98.1 Å². The number of hydrogen-bond acceptors (Lipinski definition) is 3. The summed E-state index contributed by atoms with van der Waals surface area (Å²) in [4.78, 5) is 14.0. The summed E-state index contributed by atoms with van der Waals surface area (Å²) < 4.78 is 4.96. The smallest absolute Gasteiger partial charge is 0.222 e. The van der Waals surface area contributed by atoms with Crippen LogP contribution in [0.3, 0.4) is 0 Å². The molecular formula is C12H24N2O2. The summed E-state index contributed by atoms with van der Waals surface area (Å²) in [5, 5.41) is 0. The van der Waals surface area contributed by atoms with Crippen LogP contribution < -0.4 is 5.73 Å². The molecule has 1 fully saturated rings. The van der Waals surface area contributed by atoms with Crippen LogP contribution in [0.5, 0.6) is 0 Å². The van der Waals surface area contributed by atoms with Crippen molar-refractivity contribution in [2.75, 3.05) is 26.8 Å². The van der Waals surface area contributed by atoms with Crippen molar-refractivity contribution in [1.29, 1.82) is 0 Å². The molecule has 4 heteroatoms. The fourth-order valence-corrected chi connectivity index (χ4v) is 2.26. The molecule has 1 saturated heterocycles. The summed E-state index contributed by atoms with van der Waals surface area (Å²) in [6.07, 6.45) is 5.99. The third-order valence-electron chi connectivity index (χ3n) is 3.21. The lowest BCUT2D eigenvalue weighted by Crippen LogP contribution is -2.44. The molecule has 0 aliphatic carbocycles. The molecule has 0 aromatic carbocycles. The molecule has 1 atom stereocenters. The molecular weight excluding hydrogens is 204 g/mol. The molecule has 1 heterocycles. The zero-order valence-electron chi connectivity index (χ0n) is 10.3. The highest BCUT2D eigenvalue weighted by Crippen LogP contribution is 2.17. The lowest BCUT2D eigenvalue weighted by atomic mass is 10.1. The van der Waals surface area contributed by atoms with E-state index in [0.717, 1.165) is 25.8 Å². The Hall–Kier alpha value is -0.610. The number of nitrogens with zero attached hydrogens (tertiary/aromatic N) is 1. The van der Waals surface area contributed by atoms with Gasteiger partial charge in [-0.1, -0.05) is 12.8 Å². The fraction of sp³-hybridized carbons (Fsp3) is 0.917. The normalized spacial score (nSPS) is 21.9. The van der Waals surface area contributed by atoms with Crippen LogP contribution in [0.1, 0.15) is 38.5 Å². The van der Waals surface area contributed by atoms with E-state index in [1.807, 2.05) is 4.90 Å². The van der Waals surface area contributed by atoms with Gasteiger partial charge in [-0.3, -0.25) is 4.79 Å². The number of nitrogens with two attached hydrogens (primary N) is 1. The number of carbonyl (C=O) groups excluding carboxylic acids is 1. The molecule has 0 aromatic rings. The average Bonchev–Trinajstić information content (AvgIpc) is 2.54. The Bertz CT molecular complexity index is 209. The van der Waals surface area contributed by atoms with E-state index in [1.165, 1.54) is 12.8 Å². The number of rotatable bonds is 5.